The summed E-state index contributed by atoms with van der Waals surface area (Å²) in [6, 6.07) is 3.56. The second-order valence-corrected chi connectivity index (χ2v) is 5.54. The molecule has 1 saturated carbocycles. The molecule has 2 unspecified atom stereocenters. The van der Waals surface area contributed by atoms with Crippen LogP contribution in [0.15, 0.2) is 24.5 Å². The first kappa shape index (κ1) is 15.3. The van der Waals surface area contributed by atoms with Crippen molar-refractivity contribution in [3.8, 4) is 0 Å². The van der Waals surface area contributed by atoms with Gasteiger partial charge in [-0.1, -0.05) is 12.5 Å². The van der Waals surface area contributed by atoms with E-state index in [0.29, 0.717) is 19.5 Å². The summed E-state index contributed by atoms with van der Waals surface area (Å²) in [5.41, 5.74) is 0.958. The van der Waals surface area contributed by atoms with Crippen LogP contribution in [0.1, 0.15) is 24.8 Å². The second-order valence-electron chi connectivity index (χ2n) is 5.54. The Morgan fingerprint density at radius 1 is 1.48 bits per heavy atom. The molecule has 2 atom stereocenters. The van der Waals surface area contributed by atoms with Crippen LogP contribution < -0.4 is 5.32 Å². The molecule has 2 amide bonds. The van der Waals surface area contributed by atoms with Crippen LogP contribution in [-0.4, -0.2) is 40.6 Å². The Morgan fingerprint density at radius 3 is 2.95 bits per heavy atom. The van der Waals surface area contributed by atoms with E-state index in [9.17, 15) is 9.59 Å². The zero-order valence-corrected chi connectivity index (χ0v) is 12.2. The maximum atomic E-state index is 12.0. The summed E-state index contributed by atoms with van der Waals surface area (Å²) in [7, 11) is 1.71. The van der Waals surface area contributed by atoms with Gasteiger partial charge in [-0.3, -0.25) is 9.78 Å². The maximum Gasteiger partial charge on any atom is 0.317 e. The van der Waals surface area contributed by atoms with Crippen molar-refractivity contribution in [1.29, 1.82) is 0 Å². The Bertz CT molecular complexity index is 492. The number of nitrogens with zero attached hydrogens (tertiary/aromatic N) is 2. The average Bonchev–Trinajstić information content (AvgIpc) is 2.94. The van der Waals surface area contributed by atoms with Crippen LogP contribution in [0.3, 0.4) is 0 Å². The van der Waals surface area contributed by atoms with Crippen molar-refractivity contribution < 1.29 is 14.7 Å². The van der Waals surface area contributed by atoms with E-state index >= 15 is 0 Å². The van der Waals surface area contributed by atoms with E-state index in [-0.39, 0.29) is 17.9 Å². The van der Waals surface area contributed by atoms with Gasteiger partial charge in [0.15, 0.2) is 0 Å². The molecule has 0 saturated heterocycles. The Balaban J connectivity index is 1.80. The predicted molar refractivity (Wildman–Crippen MR) is 77.6 cm³/mol. The molecule has 2 rings (SSSR count). The van der Waals surface area contributed by atoms with Gasteiger partial charge in [-0.2, -0.15) is 0 Å². The summed E-state index contributed by atoms with van der Waals surface area (Å²) in [5.74, 6) is -1.04. The summed E-state index contributed by atoms with van der Waals surface area (Å²) < 4.78 is 0. The summed E-state index contributed by atoms with van der Waals surface area (Å²) in [5, 5.41) is 12.0. The van der Waals surface area contributed by atoms with E-state index in [4.69, 9.17) is 5.11 Å². The molecule has 2 N–H and O–H groups in total. The van der Waals surface area contributed by atoms with E-state index in [1.807, 2.05) is 12.1 Å². The van der Waals surface area contributed by atoms with Gasteiger partial charge >= 0.3 is 12.0 Å². The van der Waals surface area contributed by atoms with Gasteiger partial charge in [-0.05, 0) is 30.4 Å². The third kappa shape index (κ3) is 4.18. The number of amides is 2. The highest BCUT2D eigenvalue weighted by atomic mass is 16.4. The summed E-state index contributed by atoms with van der Waals surface area (Å²) in [6.45, 7) is 0.903. The molecule has 6 nitrogen and oxygen atoms in total. The van der Waals surface area contributed by atoms with Crippen molar-refractivity contribution in [2.45, 2.75) is 25.8 Å². The highest BCUT2D eigenvalue weighted by Gasteiger charge is 2.32. The Labute approximate surface area is 124 Å². The van der Waals surface area contributed by atoms with E-state index < -0.39 is 5.97 Å². The van der Waals surface area contributed by atoms with Gasteiger partial charge in [-0.25, -0.2) is 4.79 Å². The van der Waals surface area contributed by atoms with E-state index in [1.54, 1.807) is 24.3 Å². The number of rotatable bonds is 5. The molecule has 21 heavy (non-hydrogen) atoms. The Kier molecular flexibility index (Phi) is 5.14. The number of aromatic nitrogens is 1. The summed E-state index contributed by atoms with van der Waals surface area (Å²) in [4.78, 5) is 28.7. The van der Waals surface area contributed by atoms with Gasteiger partial charge in [0.25, 0.3) is 0 Å². The molecule has 0 bridgehead atoms. The normalized spacial score (nSPS) is 21.0. The third-order valence-corrected chi connectivity index (χ3v) is 3.98. The first-order valence-electron chi connectivity index (χ1n) is 7.18. The number of hydrogen-bond donors (Lipinski definition) is 2. The lowest BCUT2D eigenvalue weighted by atomic mass is 9.96. The summed E-state index contributed by atoms with van der Waals surface area (Å²) >= 11 is 0. The van der Waals surface area contributed by atoms with Crippen LogP contribution in [0, 0.1) is 11.8 Å². The van der Waals surface area contributed by atoms with Gasteiger partial charge in [0.05, 0.1) is 5.92 Å². The first-order valence-corrected chi connectivity index (χ1v) is 7.18. The number of pyridine rings is 1. The summed E-state index contributed by atoms with van der Waals surface area (Å²) in [6.07, 6.45) is 5.91. The molecule has 1 aliphatic carbocycles. The van der Waals surface area contributed by atoms with Gasteiger partial charge in [0.1, 0.15) is 0 Å². The van der Waals surface area contributed by atoms with Crippen molar-refractivity contribution in [1.82, 2.24) is 15.2 Å². The molecule has 114 valence electrons. The predicted octanol–water partition coefficient (Wildman–Crippen LogP) is 1.72. The largest absolute Gasteiger partial charge is 0.481 e. The van der Waals surface area contributed by atoms with Crippen molar-refractivity contribution in [2.24, 2.45) is 11.8 Å². The van der Waals surface area contributed by atoms with Crippen molar-refractivity contribution in [3.05, 3.63) is 30.1 Å². The molecule has 0 aliphatic heterocycles. The van der Waals surface area contributed by atoms with Crippen LogP contribution >= 0.6 is 0 Å². The molecule has 1 aromatic heterocycles. The highest BCUT2D eigenvalue weighted by molar-refractivity contribution is 5.74. The minimum atomic E-state index is -0.754. The van der Waals surface area contributed by atoms with Gasteiger partial charge in [-0.15, -0.1) is 0 Å². The van der Waals surface area contributed by atoms with Crippen LogP contribution in [0.25, 0.3) is 0 Å². The molecule has 1 fully saturated rings. The van der Waals surface area contributed by atoms with E-state index in [0.717, 1.165) is 18.4 Å². The van der Waals surface area contributed by atoms with E-state index in [1.165, 1.54) is 0 Å². The zero-order valence-electron chi connectivity index (χ0n) is 12.2. The second kappa shape index (κ2) is 7.06. The average molecular weight is 291 g/mol. The quantitative estimate of drug-likeness (QED) is 0.865. The molecule has 0 aromatic carbocycles. The number of aliphatic carboxylic acids is 1. The molecule has 0 radical (unpaired) electrons. The fraction of sp³-hybridized carbons (Fsp3) is 0.533. The van der Waals surface area contributed by atoms with Gasteiger partial charge in [0.2, 0.25) is 0 Å². The van der Waals surface area contributed by atoms with Crippen LogP contribution in [0.4, 0.5) is 4.79 Å². The highest BCUT2D eigenvalue weighted by Crippen LogP contribution is 2.31. The van der Waals surface area contributed by atoms with Crippen molar-refractivity contribution >= 4 is 12.0 Å². The lowest BCUT2D eigenvalue weighted by Crippen LogP contribution is -2.40. The SMILES string of the molecule is CN(Cc1cccnc1)C(=O)NCC1CCCC1C(=O)O. The molecular formula is C15H21N3O3. The van der Waals surface area contributed by atoms with Crippen molar-refractivity contribution in [2.75, 3.05) is 13.6 Å². The lowest BCUT2D eigenvalue weighted by molar-refractivity contribution is -0.142. The van der Waals surface area contributed by atoms with Gasteiger partial charge < -0.3 is 15.3 Å². The topological polar surface area (TPSA) is 82.5 Å². The number of hydrogen-bond acceptors (Lipinski definition) is 3. The Morgan fingerprint density at radius 2 is 2.29 bits per heavy atom. The number of urea groups is 1. The molecule has 0 spiro atoms. The minimum Gasteiger partial charge on any atom is -0.481 e. The number of carboxylic acids is 1. The molecular weight excluding hydrogens is 270 g/mol. The van der Waals surface area contributed by atoms with Crippen LogP contribution in [-0.2, 0) is 11.3 Å². The molecule has 6 heteroatoms. The van der Waals surface area contributed by atoms with Gasteiger partial charge in [0, 0.05) is 32.5 Å². The fourth-order valence-corrected chi connectivity index (χ4v) is 2.80. The lowest BCUT2D eigenvalue weighted by Gasteiger charge is -2.21. The Hall–Kier alpha value is -2.11. The van der Waals surface area contributed by atoms with Crippen LogP contribution in [0.2, 0.25) is 0 Å². The first-order chi connectivity index (χ1) is 10.1. The third-order valence-electron chi connectivity index (χ3n) is 3.98. The molecule has 1 aromatic rings. The number of nitrogens with one attached hydrogen (secondary N) is 1. The minimum absolute atomic E-state index is 0.0400. The molecule has 1 aliphatic rings. The van der Waals surface area contributed by atoms with Crippen molar-refractivity contribution in [3.63, 3.8) is 0 Å². The monoisotopic (exact) mass is 291 g/mol. The van der Waals surface area contributed by atoms with Crippen LogP contribution in [0.5, 0.6) is 0 Å². The number of carbonyl (C=O) groups excluding carboxylic acids is 1. The van der Waals surface area contributed by atoms with E-state index in [2.05, 4.69) is 10.3 Å². The maximum absolute atomic E-state index is 12.0. The number of carbonyl (C=O) groups is 2. The number of carboxylic acid groups (broad SMARTS) is 1. The zero-order chi connectivity index (χ0) is 15.2. The fourth-order valence-electron chi connectivity index (χ4n) is 2.80. The molecule has 1 heterocycles. The standard InChI is InChI=1S/C15H21N3O3/c1-18(10-11-4-3-7-16-8-11)15(21)17-9-12-5-2-6-13(12)14(19)20/h3-4,7-8,12-13H,2,5-6,9-10H2,1H3,(H,17,21)(H,19,20). The smallest absolute Gasteiger partial charge is 0.317 e.